The Labute approximate surface area is 109 Å². The predicted octanol–water partition coefficient (Wildman–Crippen LogP) is 1.71. The average molecular weight is 327 g/mol. The molecule has 4 nitrogen and oxygen atoms in total. The maximum atomic E-state index is 11.9. The van der Waals surface area contributed by atoms with Gasteiger partial charge in [-0.15, -0.1) is 11.3 Å². The van der Waals surface area contributed by atoms with E-state index in [2.05, 4.69) is 26.0 Å². The van der Waals surface area contributed by atoms with Gasteiger partial charge in [-0.05, 0) is 48.9 Å². The third-order valence-electron chi connectivity index (χ3n) is 2.03. The molecule has 0 spiro atoms. The molecule has 0 radical (unpaired) electrons. The molecule has 0 aliphatic heterocycles. The summed E-state index contributed by atoms with van der Waals surface area (Å²) in [5.41, 5.74) is 0. The Balaban J connectivity index is 2.67. The third-order valence-corrected chi connectivity index (χ3v) is 5.30. The van der Waals surface area contributed by atoms with Crippen LogP contribution >= 0.6 is 27.3 Å². The van der Waals surface area contributed by atoms with Crippen LogP contribution in [0.15, 0.2) is 14.7 Å². The predicted molar refractivity (Wildman–Crippen MR) is 70.5 cm³/mol. The number of rotatable bonds is 6. The third kappa shape index (κ3) is 3.81. The van der Waals surface area contributed by atoms with Gasteiger partial charge >= 0.3 is 0 Å². The highest BCUT2D eigenvalue weighted by Gasteiger charge is 2.18. The molecule has 0 aliphatic carbocycles. The molecule has 2 N–H and O–H groups in total. The second-order valence-corrected chi connectivity index (χ2v) is 7.70. The van der Waals surface area contributed by atoms with Crippen LogP contribution in [0, 0.1) is 6.92 Å². The maximum Gasteiger partial charge on any atom is 0.241 e. The van der Waals surface area contributed by atoms with Gasteiger partial charge in [-0.2, -0.15) is 0 Å². The largest absolute Gasteiger partial charge is 0.320 e. The Hall–Kier alpha value is 0.0500. The fraction of sp³-hybridized carbons (Fsp3) is 0.556. The zero-order valence-electron chi connectivity index (χ0n) is 9.21. The molecule has 0 aliphatic rings. The Morgan fingerprint density at radius 2 is 2.12 bits per heavy atom. The summed E-state index contributed by atoms with van der Waals surface area (Å²) in [4.78, 5) is 1.17. The number of thiophene rings is 1. The van der Waals surface area contributed by atoms with Crippen LogP contribution in [0.4, 0.5) is 0 Å². The smallest absolute Gasteiger partial charge is 0.241 e. The standard InChI is InChI=1S/C9H15BrN2O2S2/c1-7-8(6-9(10)15-7)16(13,14)12-5-3-4-11-2/h6,11-12H,3-5H2,1-2H3. The molecular formula is C9H15BrN2O2S2. The summed E-state index contributed by atoms with van der Waals surface area (Å²) in [6, 6.07) is 1.64. The van der Waals surface area contributed by atoms with Gasteiger partial charge in [0.05, 0.1) is 8.68 Å². The van der Waals surface area contributed by atoms with E-state index in [4.69, 9.17) is 0 Å². The average Bonchev–Trinajstić information content (AvgIpc) is 2.53. The number of hydrogen-bond acceptors (Lipinski definition) is 4. The van der Waals surface area contributed by atoms with E-state index in [1.165, 1.54) is 11.3 Å². The minimum absolute atomic E-state index is 0.369. The second kappa shape index (κ2) is 6.11. The lowest BCUT2D eigenvalue weighted by atomic mass is 10.4. The van der Waals surface area contributed by atoms with Crippen LogP contribution in [0.5, 0.6) is 0 Å². The summed E-state index contributed by atoms with van der Waals surface area (Å²) in [6.45, 7) is 3.06. The molecule has 0 saturated heterocycles. The van der Waals surface area contributed by atoms with Crippen LogP contribution in [0.3, 0.4) is 0 Å². The SMILES string of the molecule is CNCCCNS(=O)(=O)c1cc(Br)sc1C. The molecule has 7 heteroatoms. The van der Waals surface area contributed by atoms with Crippen LogP contribution in [0.2, 0.25) is 0 Å². The number of sulfonamides is 1. The van der Waals surface area contributed by atoms with Crippen molar-refractivity contribution in [3.8, 4) is 0 Å². The van der Waals surface area contributed by atoms with E-state index in [0.29, 0.717) is 11.4 Å². The summed E-state index contributed by atoms with van der Waals surface area (Å²) in [6.07, 6.45) is 0.778. The fourth-order valence-corrected chi connectivity index (χ4v) is 4.73. The van der Waals surface area contributed by atoms with Crippen molar-refractivity contribution in [1.29, 1.82) is 0 Å². The van der Waals surface area contributed by atoms with Crippen LogP contribution in [-0.2, 0) is 10.0 Å². The lowest BCUT2D eigenvalue weighted by Crippen LogP contribution is -2.26. The second-order valence-electron chi connectivity index (χ2n) is 3.33. The zero-order valence-corrected chi connectivity index (χ0v) is 12.4. The Morgan fingerprint density at radius 3 is 2.62 bits per heavy atom. The van der Waals surface area contributed by atoms with Gasteiger partial charge in [-0.1, -0.05) is 0 Å². The summed E-state index contributed by atoms with van der Waals surface area (Å²) in [5, 5.41) is 2.97. The topological polar surface area (TPSA) is 58.2 Å². The van der Waals surface area contributed by atoms with Crippen LogP contribution in [0.25, 0.3) is 0 Å². The molecule has 1 aromatic rings. The van der Waals surface area contributed by atoms with Crippen molar-refractivity contribution in [2.45, 2.75) is 18.2 Å². The molecule has 0 atom stereocenters. The molecular weight excluding hydrogens is 312 g/mol. The Morgan fingerprint density at radius 1 is 1.44 bits per heavy atom. The van der Waals surface area contributed by atoms with Crippen molar-refractivity contribution in [3.63, 3.8) is 0 Å². The maximum absolute atomic E-state index is 11.9. The Kier molecular flexibility index (Phi) is 5.39. The van der Waals surface area contributed by atoms with Crippen molar-refractivity contribution in [3.05, 3.63) is 14.7 Å². The van der Waals surface area contributed by atoms with E-state index < -0.39 is 10.0 Å². The minimum Gasteiger partial charge on any atom is -0.320 e. The first-order valence-electron chi connectivity index (χ1n) is 4.87. The number of halogens is 1. The van der Waals surface area contributed by atoms with Crippen molar-refractivity contribution in [1.82, 2.24) is 10.0 Å². The van der Waals surface area contributed by atoms with Crippen molar-refractivity contribution in [2.75, 3.05) is 20.1 Å². The van der Waals surface area contributed by atoms with Crippen LogP contribution in [-0.4, -0.2) is 28.6 Å². The van der Waals surface area contributed by atoms with Gasteiger partial charge in [0.2, 0.25) is 10.0 Å². The van der Waals surface area contributed by atoms with Gasteiger partial charge in [0.15, 0.2) is 0 Å². The summed E-state index contributed by atoms with van der Waals surface area (Å²) in [7, 11) is -1.51. The highest BCUT2D eigenvalue weighted by atomic mass is 79.9. The first kappa shape index (κ1) is 14.1. The van der Waals surface area contributed by atoms with Crippen LogP contribution < -0.4 is 10.0 Å². The van der Waals surface area contributed by atoms with Crippen molar-refractivity contribution < 1.29 is 8.42 Å². The molecule has 0 fully saturated rings. The van der Waals surface area contributed by atoms with E-state index in [-0.39, 0.29) is 0 Å². The molecule has 0 bridgehead atoms. The molecule has 0 saturated carbocycles. The normalized spacial score (nSPS) is 11.9. The lowest BCUT2D eigenvalue weighted by molar-refractivity contribution is 0.577. The summed E-state index contributed by atoms with van der Waals surface area (Å²) in [5.74, 6) is 0. The minimum atomic E-state index is -3.35. The molecule has 1 rings (SSSR count). The lowest BCUT2D eigenvalue weighted by Gasteiger charge is -2.05. The van der Waals surface area contributed by atoms with E-state index >= 15 is 0 Å². The molecule has 92 valence electrons. The molecule has 1 heterocycles. The fourth-order valence-electron chi connectivity index (χ4n) is 1.25. The highest BCUT2D eigenvalue weighted by molar-refractivity contribution is 9.11. The molecule has 16 heavy (non-hydrogen) atoms. The van der Waals surface area contributed by atoms with Crippen LogP contribution in [0.1, 0.15) is 11.3 Å². The van der Waals surface area contributed by atoms with Gasteiger partial charge < -0.3 is 5.32 Å². The van der Waals surface area contributed by atoms with Crippen molar-refractivity contribution in [2.24, 2.45) is 0 Å². The summed E-state index contributed by atoms with van der Waals surface area (Å²) < 4.78 is 27.2. The van der Waals surface area contributed by atoms with E-state index in [1.807, 2.05) is 7.05 Å². The number of nitrogens with one attached hydrogen (secondary N) is 2. The van der Waals surface area contributed by atoms with E-state index in [1.54, 1.807) is 13.0 Å². The van der Waals surface area contributed by atoms with Crippen molar-refractivity contribution >= 4 is 37.3 Å². The molecule has 0 amide bonds. The first-order chi connectivity index (χ1) is 7.47. The zero-order chi connectivity index (χ0) is 12.2. The van der Waals surface area contributed by atoms with E-state index in [0.717, 1.165) is 21.6 Å². The molecule has 0 unspecified atom stereocenters. The van der Waals surface area contributed by atoms with E-state index in [9.17, 15) is 8.42 Å². The van der Waals surface area contributed by atoms with Gasteiger partial charge in [-0.25, -0.2) is 13.1 Å². The quantitative estimate of drug-likeness (QED) is 0.782. The van der Waals surface area contributed by atoms with Gasteiger partial charge in [0.1, 0.15) is 0 Å². The Bertz CT molecular complexity index is 442. The van der Waals surface area contributed by atoms with Gasteiger partial charge in [0.25, 0.3) is 0 Å². The molecule has 1 aromatic heterocycles. The number of hydrogen-bond donors (Lipinski definition) is 2. The molecule has 0 aromatic carbocycles. The monoisotopic (exact) mass is 326 g/mol. The van der Waals surface area contributed by atoms with Gasteiger partial charge in [0, 0.05) is 11.4 Å². The van der Waals surface area contributed by atoms with Gasteiger partial charge in [-0.3, -0.25) is 0 Å². The summed E-state index contributed by atoms with van der Waals surface area (Å²) >= 11 is 4.71. The highest BCUT2D eigenvalue weighted by Crippen LogP contribution is 2.29. The number of aryl methyl sites for hydroxylation is 1. The first-order valence-corrected chi connectivity index (χ1v) is 7.97.